The van der Waals surface area contributed by atoms with E-state index in [1.165, 1.54) is 16.7 Å². The van der Waals surface area contributed by atoms with E-state index in [1.807, 2.05) is 42.7 Å². The Hall–Kier alpha value is -5.35. The number of hydrogen-bond donors (Lipinski definition) is 0. The Labute approximate surface area is 305 Å². The molecule has 0 saturated heterocycles. The predicted octanol–water partition coefficient (Wildman–Crippen LogP) is 12.1. The fourth-order valence-electron chi connectivity index (χ4n) is 6.45. The maximum absolute atomic E-state index is 6.53. The first kappa shape index (κ1) is 33.2. The number of aryl methyl sites for hydroxylation is 5. The summed E-state index contributed by atoms with van der Waals surface area (Å²) in [6, 6.07) is 41.7. The predicted molar refractivity (Wildman–Crippen MR) is 201 cm³/mol. The van der Waals surface area contributed by atoms with E-state index in [0.717, 1.165) is 88.6 Å². The van der Waals surface area contributed by atoms with Crippen LogP contribution >= 0.6 is 0 Å². The van der Waals surface area contributed by atoms with Crippen LogP contribution in [0.15, 0.2) is 124 Å². The van der Waals surface area contributed by atoms with Gasteiger partial charge in [0.1, 0.15) is 11.2 Å². The molecular formula is C45H34IrN2O2-2. The minimum atomic E-state index is 0. The van der Waals surface area contributed by atoms with Crippen LogP contribution in [0.25, 0.3) is 77.5 Å². The Morgan fingerprint density at radius 2 is 1.26 bits per heavy atom. The third-order valence-corrected chi connectivity index (χ3v) is 9.30. The van der Waals surface area contributed by atoms with Crippen LogP contribution in [0.4, 0.5) is 0 Å². The zero-order valence-electron chi connectivity index (χ0n) is 28.5. The number of aromatic nitrogens is 2. The molecule has 4 nitrogen and oxygen atoms in total. The van der Waals surface area contributed by atoms with Crippen molar-refractivity contribution in [2.24, 2.45) is 0 Å². The van der Waals surface area contributed by atoms with E-state index in [-0.39, 0.29) is 20.1 Å². The van der Waals surface area contributed by atoms with Crippen molar-refractivity contribution in [2.45, 2.75) is 34.6 Å². The van der Waals surface area contributed by atoms with E-state index < -0.39 is 0 Å². The smallest absolute Gasteiger partial charge is 0.179 e. The number of benzene rings is 5. The first-order chi connectivity index (χ1) is 23.9. The number of furan rings is 2. The van der Waals surface area contributed by atoms with Crippen LogP contribution in [0.1, 0.15) is 27.8 Å². The number of rotatable bonds is 3. The molecule has 0 spiro atoms. The van der Waals surface area contributed by atoms with Crippen LogP contribution < -0.4 is 0 Å². The van der Waals surface area contributed by atoms with Crippen LogP contribution in [0.2, 0.25) is 0 Å². The van der Waals surface area contributed by atoms with E-state index in [4.69, 9.17) is 8.83 Å². The van der Waals surface area contributed by atoms with Gasteiger partial charge >= 0.3 is 0 Å². The van der Waals surface area contributed by atoms with E-state index >= 15 is 0 Å². The molecule has 0 unspecified atom stereocenters. The monoisotopic (exact) mass is 827 g/mol. The van der Waals surface area contributed by atoms with E-state index in [0.29, 0.717) is 0 Å². The summed E-state index contributed by atoms with van der Waals surface area (Å²) in [6.07, 6.45) is 3.78. The van der Waals surface area contributed by atoms with Crippen molar-refractivity contribution in [3.05, 3.63) is 155 Å². The molecule has 9 rings (SSSR count). The molecular weight excluding hydrogens is 793 g/mol. The maximum Gasteiger partial charge on any atom is 0.179 e. The Kier molecular flexibility index (Phi) is 8.96. The van der Waals surface area contributed by atoms with Gasteiger partial charge in [0, 0.05) is 54.0 Å². The number of fused-ring (bicyclic) bond motifs is 7. The van der Waals surface area contributed by atoms with Crippen LogP contribution in [0, 0.1) is 46.8 Å². The maximum atomic E-state index is 6.53. The molecule has 5 aromatic carbocycles. The molecule has 0 aliphatic rings. The molecule has 50 heavy (non-hydrogen) atoms. The van der Waals surface area contributed by atoms with Gasteiger partial charge in [-0.1, -0.05) is 61.0 Å². The van der Waals surface area contributed by atoms with Crippen molar-refractivity contribution in [1.82, 2.24) is 9.97 Å². The molecule has 5 heteroatoms. The van der Waals surface area contributed by atoms with Crippen LogP contribution in [-0.2, 0) is 20.1 Å². The minimum absolute atomic E-state index is 0. The first-order valence-corrected chi connectivity index (χ1v) is 16.5. The Morgan fingerprint density at radius 3 is 1.98 bits per heavy atom. The average Bonchev–Trinajstić information content (AvgIpc) is 3.71. The average molecular weight is 827 g/mol. The Morgan fingerprint density at radius 1 is 0.540 bits per heavy atom. The number of hydrogen-bond acceptors (Lipinski definition) is 4. The molecule has 0 N–H and O–H groups in total. The van der Waals surface area contributed by atoms with Gasteiger partial charge in [-0.15, -0.1) is 71.3 Å². The van der Waals surface area contributed by atoms with E-state index in [1.54, 1.807) is 0 Å². The van der Waals surface area contributed by atoms with Gasteiger partial charge in [-0.3, -0.25) is 0 Å². The van der Waals surface area contributed by atoms with E-state index in [9.17, 15) is 0 Å². The van der Waals surface area contributed by atoms with Gasteiger partial charge in [0.2, 0.25) is 0 Å². The van der Waals surface area contributed by atoms with Crippen molar-refractivity contribution in [3.8, 4) is 33.6 Å². The quantitative estimate of drug-likeness (QED) is 0.167. The molecule has 0 saturated carbocycles. The summed E-state index contributed by atoms with van der Waals surface area (Å²) >= 11 is 0. The summed E-state index contributed by atoms with van der Waals surface area (Å²) in [7, 11) is 0. The second-order valence-electron chi connectivity index (χ2n) is 12.8. The van der Waals surface area contributed by atoms with Crippen molar-refractivity contribution < 1.29 is 28.9 Å². The Balaban J connectivity index is 0.000000207. The summed E-state index contributed by atoms with van der Waals surface area (Å²) in [4.78, 5) is 9.03. The zero-order valence-corrected chi connectivity index (χ0v) is 30.9. The minimum Gasteiger partial charge on any atom is -0.452 e. The molecule has 0 aliphatic carbocycles. The molecule has 1 radical (unpaired) electrons. The van der Waals surface area contributed by atoms with Gasteiger partial charge in [0.15, 0.2) is 11.2 Å². The summed E-state index contributed by atoms with van der Waals surface area (Å²) in [6.45, 7) is 10.4. The van der Waals surface area contributed by atoms with Gasteiger partial charge in [-0.05, 0) is 79.0 Å². The Bertz CT molecular complexity index is 2650. The molecule has 0 atom stereocenters. The molecule has 4 heterocycles. The van der Waals surface area contributed by atoms with Crippen LogP contribution in [0.3, 0.4) is 0 Å². The number of para-hydroxylation sites is 2. The number of nitrogens with zero attached hydrogens (tertiary/aromatic N) is 2. The standard InChI is InChI=1S/C31H20NO2.C14H14N.Ir/c1-18-8-6-12-22-25-17-24(21-14-15-32-26(16-21)20-10-4-3-5-11-20)27-23-13-7-9-19(2)29(23)34-31(27)30(25)33-28(18)22;1-10-4-6-13(7-5-10)14-8-11(2)12(3)9-15-14;/h3-10,12-17H,1-2H3;4-6,8-9H,1-3H3;/q2*-1;. The van der Waals surface area contributed by atoms with Gasteiger partial charge < -0.3 is 18.8 Å². The zero-order chi connectivity index (χ0) is 33.6. The summed E-state index contributed by atoms with van der Waals surface area (Å²) in [5, 5.41) is 4.31. The molecule has 0 aliphatic heterocycles. The summed E-state index contributed by atoms with van der Waals surface area (Å²) < 4.78 is 13.0. The molecule has 0 fully saturated rings. The first-order valence-electron chi connectivity index (χ1n) is 16.5. The third kappa shape index (κ3) is 5.93. The largest absolute Gasteiger partial charge is 0.452 e. The van der Waals surface area contributed by atoms with Crippen LogP contribution in [-0.4, -0.2) is 9.97 Å². The molecule has 0 amide bonds. The fourth-order valence-corrected chi connectivity index (χ4v) is 6.45. The normalized spacial score (nSPS) is 11.1. The molecule has 4 aromatic heterocycles. The summed E-state index contributed by atoms with van der Waals surface area (Å²) in [5.41, 5.74) is 15.4. The van der Waals surface area contributed by atoms with Gasteiger partial charge in [-0.2, -0.15) is 0 Å². The van der Waals surface area contributed by atoms with Crippen molar-refractivity contribution in [3.63, 3.8) is 0 Å². The second-order valence-corrected chi connectivity index (χ2v) is 12.8. The second kappa shape index (κ2) is 13.5. The molecule has 9 aromatic rings. The van der Waals surface area contributed by atoms with Crippen LogP contribution in [0.5, 0.6) is 0 Å². The SMILES string of the molecule is Cc1c[c-]c(-c2cc(C)c(C)cn2)cc1.Cc1cccc2c1oc1c2cc(-c2ccnc(-c3[c-]cccc3)c2)c2c3cccc(C)c3oc12.[Ir]. The van der Waals surface area contributed by atoms with Gasteiger partial charge in [-0.25, -0.2) is 0 Å². The van der Waals surface area contributed by atoms with Gasteiger partial charge in [0.05, 0.1) is 0 Å². The topological polar surface area (TPSA) is 52.1 Å². The molecule has 0 bridgehead atoms. The van der Waals surface area contributed by atoms with Crippen molar-refractivity contribution >= 4 is 43.9 Å². The van der Waals surface area contributed by atoms with E-state index in [2.05, 4.69) is 130 Å². The van der Waals surface area contributed by atoms with Gasteiger partial charge in [0.25, 0.3) is 0 Å². The fraction of sp³-hybridized carbons (Fsp3) is 0.111. The van der Waals surface area contributed by atoms with Crippen molar-refractivity contribution in [2.75, 3.05) is 0 Å². The molecule has 247 valence electrons. The third-order valence-electron chi connectivity index (χ3n) is 9.30. The van der Waals surface area contributed by atoms with Crippen molar-refractivity contribution in [1.29, 1.82) is 0 Å². The summed E-state index contributed by atoms with van der Waals surface area (Å²) in [5.74, 6) is 0. The number of pyridine rings is 2.